The fraction of sp³-hybridized carbons (Fsp3) is 0.438. The molecule has 1 aromatic carbocycles. The molecule has 4 nitrogen and oxygen atoms in total. The molecule has 1 aliphatic carbocycles. The lowest BCUT2D eigenvalue weighted by atomic mass is 10.1. The second-order valence-electron chi connectivity index (χ2n) is 5.29. The molecule has 0 spiro atoms. The summed E-state index contributed by atoms with van der Waals surface area (Å²) >= 11 is 0. The van der Waals surface area contributed by atoms with Crippen LogP contribution in [0.25, 0.3) is 0 Å². The molecule has 1 atom stereocenters. The van der Waals surface area contributed by atoms with Crippen LogP contribution in [0.3, 0.4) is 0 Å². The molecule has 0 heterocycles. The van der Waals surface area contributed by atoms with E-state index in [-0.39, 0.29) is 11.4 Å². The summed E-state index contributed by atoms with van der Waals surface area (Å²) in [7, 11) is 1.56. The van der Waals surface area contributed by atoms with Crippen LogP contribution in [0.1, 0.15) is 18.4 Å². The average molecular weight is 274 g/mol. The van der Waals surface area contributed by atoms with Crippen molar-refractivity contribution in [3.05, 3.63) is 48.0 Å². The lowest BCUT2D eigenvalue weighted by Gasteiger charge is -2.14. The van der Waals surface area contributed by atoms with Crippen molar-refractivity contribution >= 4 is 5.91 Å². The van der Waals surface area contributed by atoms with Gasteiger partial charge >= 0.3 is 0 Å². The van der Waals surface area contributed by atoms with Gasteiger partial charge in [-0.2, -0.15) is 0 Å². The van der Waals surface area contributed by atoms with Gasteiger partial charge in [-0.3, -0.25) is 4.79 Å². The number of hydrogen-bond donors (Lipinski definition) is 2. The summed E-state index contributed by atoms with van der Waals surface area (Å²) < 4.78 is 5.27. The highest BCUT2D eigenvalue weighted by Crippen LogP contribution is 2.33. The summed E-state index contributed by atoms with van der Waals surface area (Å²) in [5.74, 6) is -0.0946. The predicted octanol–water partition coefficient (Wildman–Crippen LogP) is 1.41. The molecule has 3 N–H and O–H groups in total. The Kier molecular flexibility index (Phi) is 4.93. The minimum atomic E-state index is -0.460. The highest BCUT2D eigenvalue weighted by Gasteiger charge is 2.34. The van der Waals surface area contributed by atoms with E-state index in [4.69, 9.17) is 10.5 Å². The molecule has 0 aliphatic heterocycles. The number of nitrogens with one attached hydrogen (secondary N) is 1. The van der Waals surface area contributed by atoms with E-state index in [1.165, 1.54) is 0 Å². The Hall–Kier alpha value is -1.65. The van der Waals surface area contributed by atoms with Crippen LogP contribution >= 0.6 is 0 Å². The van der Waals surface area contributed by atoms with Crippen molar-refractivity contribution < 1.29 is 9.53 Å². The molecule has 0 aromatic heterocycles. The monoisotopic (exact) mass is 274 g/mol. The molecule has 1 saturated carbocycles. The number of nitrogens with two attached hydrogens (primary N) is 1. The largest absolute Gasteiger partial charge is 0.371 e. The van der Waals surface area contributed by atoms with E-state index in [0.717, 1.165) is 18.4 Å². The molecule has 1 aliphatic rings. The van der Waals surface area contributed by atoms with Gasteiger partial charge in [0.15, 0.2) is 0 Å². The molecule has 0 saturated heterocycles. The van der Waals surface area contributed by atoms with Gasteiger partial charge in [0.05, 0.1) is 0 Å². The summed E-state index contributed by atoms with van der Waals surface area (Å²) in [6.45, 7) is 0.492. The zero-order valence-electron chi connectivity index (χ0n) is 11.8. The van der Waals surface area contributed by atoms with Crippen molar-refractivity contribution in [2.75, 3.05) is 13.7 Å². The first-order chi connectivity index (χ1) is 9.63. The maximum atomic E-state index is 12.0. The summed E-state index contributed by atoms with van der Waals surface area (Å²) in [4.78, 5) is 12.0. The molecule has 1 aromatic rings. The van der Waals surface area contributed by atoms with Gasteiger partial charge in [-0.15, -0.1) is 0 Å². The van der Waals surface area contributed by atoms with Crippen LogP contribution in [0.15, 0.2) is 42.5 Å². The molecule has 1 fully saturated rings. The fourth-order valence-corrected chi connectivity index (χ4v) is 1.99. The zero-order valence-corrected chi connectivity index (χ0v) is 11.8. The molecule has 0 bridgehead atoms. The van der Waals surface area contributed by atoms with Gasteiger partial charge in [-0.05, 0) is 18.4 Å². The Labute approximate surface area is 120 Å². The molecule has 20 heavy (non-hydrogen) atoms. The van der Waals surface area contributed by atoms with E-state index in [0.29, 0.717) is 13.0 Å². The molecule has 4 heteroatoms. The standard InChI is InChI=1S/C16H22N2O2/c1-20-14(12-13-6-3-2-4-7-13)15(19)18-11-5-8-16(17)9-10-16/h2-8,14H,9-12,17H2,1H3,(H,18,19)/b8-5+/t14-/m0/s1. The van der Waals surface area contributed by atoms with Crippen LogP contribution in [-0.2, 0) is 16.0 Å². The van der Waals surface area contributed by atoms with Crippen LogP contribution in [0.4, 0.5) is 0 Å². The topological polar surface area (TPSA) is 64.3 Å². The number of hydrogen-bond acceptors (Lipinski definition) is 3. The number of benzene rings is 1. The summed E-state index contributed by atoms with van der Waals surface area (Å²) in [5, 5.41) is 2.85. The van der Waals surface area contributed by atoms with Crippen molar-refractivity contribution in [2.24, 2.45) is 5.73 Å². The van der Waals surface area contributed by atoms with Crippen molar-refractivity contribution in [3.8, 4) is 0 Å². The third-order valence-electron chi connectivity index (χ3n) is 3.51. The van der Waals surface area contributed by atoms with Crippen LogP contribution in [0.2, 0.25) is 0 Å². The lowest BCUT2D eigenvalue weighted by Crippen LogP contribution is -2.37. The molecule has 2 rings (SSSR count). The van der Waals surface area contributed by atoms with Gasteiger partial charge in [-0.1, -0.05) is 42.5 Å². The van der Waals surface area contributed by atoms with Crippen LogP contribution < -0.4 is 11.1 Å². The summed E-state index contributed by atoms with van der Waals surface area (Å²) in [6, 6.07) is 9.85. The quantitative estimate of drug-likeness (QED) is 0.739. The first-order valence-electron chi connectivity index (χ1n) is 6.94. The predicted molar refractivity (Wildman–Crippen MR) is 79.2 cm³/mol. The van der Waals surface area contributed by atoms with E-state index in [9.17, 15) is 4.79 Å². The second-order valence-corrected chi connectivity index (χ2v) is 5.29. The maximum absolute atomic E-state index is 12.0. The Balaban J connectivity index is 1.78. The van der Waals surface area contributed by atoms with Gasteiger partial charge in [0.1, 0.15) is 6.10 Å². The molecule has 0 unspecified atom stereocenters. The third-order valence-corrected chi connectivity index (χ3v) is 3.51. The number of rotatable bonds is 7. The number of carbonyl (C=O) groups is 1. The van der Waals surface area contributed by atoms with Crippen molar-refractivity contribution in [3.63, 3.8) is 0 Å². The number of amides is 1. The third kappa shape index (κ3) is 4.47. The van der Waals surface area contributed by atoms with Gasteiger partial charge in [0, 0.05) is 25.6 Å². The first kappa shape index (κ1) is 14.8. The van der Waals surface area contributed by atoms with Gasteiger partial charge < -0.3 is 15.8 Å². The van der Waals surface area contributed by atoms with Gasteiger partial charge in [0.25, 0.3) is 0 Å². The van der Waals surface area contributed by atoms with Gasteiger partial charge in [-0.25, -0.2) is 0 Å². The second kappa shape index (κ2) is 6.68. The van der Waals surface area contributed by atoms with Crippen molar-refractivity contribution in [2.45, 2.75) is 30.9 Å². The zero-order chi connectivity index (χ0) is 14.4. The first-order valence-corrected chi connectivity index (χ1v) is 6.94. The Morgan fingerprint density at radius 1 is 1.45 bits per heavy atom. The number of carbonyl (C=O) groups excluding carboxylic acids is 1. The minimum Gasteiger partial charge on any atom is -0.371 e. The summed E-state index contributed by atoms with van der Waals surface area (Å²) in [5.41, 5.74) is 6.90. The highest BCUT2D eigenvalue weighted by molar-refractivity contribution is 5.81. The highest BCUT2D eigenvalue weighted by atomic mass is 16.5. The molecular weight excluding hydrogens is 252 g/mol. The Morgan fingerprint density at radius 3 is 2.75 bits per heavy atom. The van der Waals surface area contributed by atoms with Crippen molar-refractivity contribution in [1.29, 1.82) is 0 Å². The van der Waals surface area contributed by atoms with Crippen LogP contribution in [0.5, 0.6) is 0 Å². The van der Waals surface area contributed by atoms with E-state index in [2.05, 4.69) is 5.32 Å². The molecular formula is C16H22N2O2. The van der Waals surface area contributed by atoms with Gasteiger partial charge in [0.2, 0.25) is 5.91 Å². The molecule has 108 valence electrons. The molecule has 0 radical (unpaired) electrons. The van der Waals surface area contributed by atoms with E-state index < -0.39 is 6.10 Å². The van der Waals surface area contributed by atoms with Crippen LogP contribution in [-0.4, -0.2) is 31.2 Å². The SMILES string of the molecule is CO[C@@H](Cc1ccccc1)C(=O)NC/C=C/C1(N)CC1. The van der Waals surface area contributed by atoms with Crippen molar-refractivity contribution in [1.82, 2.24) is 5.32 Å². The maximum Gasteiger partial charge on any atom is 0.249 e. The van der Waals surface area contributed by atoms with Crippen LogP contribution in [0, 0.1) is 0 Å². The minimum absolute atomic E-state index is 0.0946. The van der Waals surface area contributed by atoms with E-state index in [1.807, 2.05) is 42.5 Å². The molecule has 1 amide bonds. The lowest BCUT2D eigenvalue weighted by molar-refractivity contribution is -0.130. The van der Waals surface area contributed by atoms with E-state index in [1.54, 1.807) is 7.11 Å². The number of methoxy groups -OCH3 is 1. The summed E-state index contributed by atoms with van der Waals surface area (Å²) in [6.07, 6.45) is 6.08. The number of ether oxygens (including phenoxy) is 1. The normalized spacial score (nSPS) is 17.9. The average Bonchev–Trinajstić information content (AvgIpc) is 3.20. The smallest absolute Gasteiger partial charge is 0.249 e. The fourth-order valence-electron chi connectivity index (χ4n) is 1.99. The van der Waals surface area contributed by atoms with E-state index >= 15 is 0 Å². The Bertz CT molecular complexity index is 467. The Morgan fingerprint density at radius 2 is 2.15 bits per heavy atom.